The lowest BCUT2D eigenvalue weighted by Crippen LogP contribution is -1.95. The molecule has 0 unspecified atom stereocenters. The van der Waals surface area contributed by atoms with Gasteiger partial charge in [0.15, 0.2) is 0 Å². The molecule has 2 heteroatoms. The predicted octanol–water partition coefficient (Wildman–Crippen LogP) is 4.16. The molecule has 0 spiro atoms. The van der Waals surface area contributed by atoms with Crippen LogP contribution in [-0.4, -0.2) is 5.88 Å². The molecule has 0 aliphatic heterocycles. The van der Waals surface area contributed by atoms with Crippen molar-refractivity contribution in [1.29, 1.82) is 0 Å². The third kappa shape index (κ3) is 4.35. The first-order chi connectivity index (χ1) is 9.28. The Labute approximate surface area is 119 Å². The summed E-state index contributed by atoms with van der Waals surface area (Å²) in [5, 5.41) is 0. The first-order valence-electron chi connectivity index (χ1n) is 6.11. The van der Waals surface area contributed by atoms with Crippen molar-refractivity contribution in [2.75, 3.05) is 5.88 Å². The molecule has 96 valence electrons. The fourth-order valence-corrected chi connectivity index (χ4v) is 1.72. The number of ether oxygens (including phenoxy) is 1. The van der Waals surface area contributed by atoms with E-state index >= 15 is 0 Å². The molecular formula is C17H15ClO. The highest BCUT2D eigenvalue weighted by Crippen LogP contribution is 2.15. The Kier molecular flexibility index (Phi) is 4.89. The minimum absolute atomic E-state index is 0.342. The van der Waals surface area contributed by atoms with Crippen LogP contribution in [0.1, 0.15) is 16.7 Å². The van der Waals surface area contributed by atoms with Gasteiger partial charge < -0.3 is 4.74 Å². The van der Waals surface area contributed by atoms with Crippen molar-refractivity contribution in [1.82, 2.24) is 0 Å². The van der Waals surface area contributed by atoms with Gasteiger partial charge in [-0.25, -0.2) is 0 Å². The zero-order valence-electron chi connectivity index (χ0n) is 10.8. The van der Waals surface area contributed by atoms with Crippen LogP contribution in [0.15, 0.2) is 48.5 Å². The van der Waals surface area contributed by atoms with Crippen molar-refractivity contribution in [3.8, 4) is 17.6 Å². The summed E-state index contributed by atoms with van der Waals surface area (Å²) >= 11 is 5.54. The summed E-state index contributed by atoms with van der Waals surface area (Å²) in [7, 11) is 0. The average Bonchev–Trinajstić information content (AvgIpc) is 2.45. The van der Waals surface area contributed by atoms with Crippen LogP contribution in [0, 0.1) is 18.8 Å². The normalized spacial score (nSPS) is 9.58. The molecule has 0 heterocycles. The maximum absolute atomic E-state index is 5.75. The van der Waals surface area contributed by atoms with Crippen LogP contribution in [0.4, 0.5) is 0 Å². The Morgan fingerprint density at radius 3 is 2.63 bits per heavy atom. The molecule has 0 atom stereocenters. The highest BCUT2D eigenvalue weighted by molar-refractivity contribution is 6.19. The Hall–Kier alpha value is -1.91. The molecular weight excluding hydrogens is 256 g/mol. The number of aryl methyl sites for hydroxylation is 1. The van der Waals surface area contributed by atoms with E-state index in [4.69, 9.17) is 16.3 Å². The molecule has 0 radical (unpaired) electrons. The summed E-state index contributed by atoms with van der Waals surface area (Å²) < 4.78 is 5.75. The van der Waals surface area contributed by atoms with Gasteiger partial charge in [-0.15, -0.1) is 11.6 Å². The Bertz CT molecular complexity index is 591. The van der Waals surface area contributed by atoms with Crippen LogP contribution in [0.5, 0.6) is 5.75 Å². The zero-order valence-corrected chi connectivity index (χ0v) is 11.6. The molecule has 0 saturated carbocycles. The number of rotatable bonds is 3. The van der Waals surface area contributed by atoms with Gasteiger partial charge in [-0.1, -0.05) is 47.7 Å². The molecule has 0 bridgehead atoms. The molecule has 0 aromatic heterocycles. The monoisotopic (exact) mass is 270 g/mol. The van der Waals surface area contributed by atoms with Crippen molar-refractivity contribution in [2.45, 2.75) is 13.5 Å². The molecule has 0 fully saturated rings. The van der Waals surface area contributed by atoms with Crippen LogP contribution >= 0.6 is 11.6 Å². The zero-order chi connectivity index (χ0) is 13.5. The van der Waals surface area contributed by atoms with Gasteiger partial charge in [-0.05, 0) is 30.7 Å². The van der Waals surface area contributed by atoms with E-state index in [2.05, 4.69) is 43.0 Å². The van der Waals surface area contributed by atoms with Gasteiger partial charge in [0, 0.05) is 5.56 Å². The summed E-state index contributed by atoms with van der Waals surface area (Å²) in [6, 6.07) is 16.1. The average molecular weight is 271 g/mol. The first-order valence-corrected chi connectivity index (χ1v) is 6.64. The van der Waals surface area contributed by atoms with Gasteiger partial charge in [0.25, 0.3) is 0 Å². The Morgan fingerprint density at radius 1 is 1.11 bits per heavy atom. The second-order valence-electron chi connectivity index (χ2n) is 4.24. The minimum Gasteiger partial charge on any atom is -0.489 e. The molecule has 2 rings (SSSR count). The van der Waals surface area contributed by atoms with Gasteiger partial charge in [0.2, 0.25) is 0 Å². The smallest absolute Gasteiger partial charge is 0.121 e. The van der Waals surface area contributed by atoms with E-state index in [9.17, 15) is 0 Å². The molecule has 0 aliphatic carbocycles. The third-order valence-corrected chi connectivity index (χ3v) is 2.79. The molecule has 0 aliphatic rings. The van der Waals surface area contributed by atoms with Gasteiger partial charge in [-0.3, -0.25) is 0 Å². The lowest BCUT2D eigenvalue weighted by molar-refractivity contribution is 0.306. The van der Waals surface area contributed by atoms with Gasteiger partial charge in [0.1, 0.15) is 12.4 Å². The standard InChI is InChI=1S/C17H15ClO/c1-14-7-9-16(10-8-14)13-19-17-6-2-4-15(12-17)5-3-11-18/h2,4,6-10,12H,11,13H2,1H3. The van der Waals surface area contributed by atoms with Gasteiger partial charge in [0.05, 0.1) is 5.88 Å². The second kappa shape index (κ2) is 6.87. The van der Waals surface area contributed by atoms with Crippen molar-refractivity contribution in [2.24, 2.45) is 0 Å². The maximum Gasteiger partial charge on any atom is 0.121 e. The van der Waals surface area contributed by atoms with Crippen molar-refractivity contribution < 1.29 is 4.74 Å². The van der Waals surface area contributed by atoms with Crippen LogP contribution in [0.2, 0.25) is 0 Å². The number of hydrogen-bond donors (Lipinski definition) is 0. The van der Waals surface area contributed by atoms with Crippen LogP contribution in [0.25, 0.3) is 0 Å². The second-order valence-corrected chi connectivity index (χ2v) is 4.50. The van der Waals surface area contributed by atoms with Crippen molar-refractivity contribution >= 4 is 11.6 Å². The number of benzene rings is 2. The predicted molar refractivity (Wildman–Crippen MR) is 79.6 cm³/mol. The molecule has 0 N–H and O–H groups in total. The van der Waals surface area contributed by atoms with E-state index in [0.717, 1.165) is 16.9 Å². The molecule has 2 aromatic carbocycles. The number of hydrogen-bond acceptors (Lipinski definition) is 1. The molecule has 2 aromatic rings. The lowest BCUT2D eigenvalue weighted by Gasteiger charge is -2.06. The summed E-state index contributed by atoms with van der Waals surface area (Å²) in [6.07, 6.45) is 0. The quantitative estimate of drug-likeness (QED) is 0.601. The van der Waals surface area contributed by atoms with E-state index in [-0.39, 0.29) is 0 Å². The van der Waals surface area contributed by atoms with Gasteiger partial charge in [-0.2, -0.15) is 0 Å². The number of halogens is 1. The van der Waals surface area contributed by atoms with E-state index in [0.29, 0.717) is 12.5 Å². The van der Waals surface area contributed by atoms with E-state index in [1.165, 1.54) is 5.56 Å². The lowest BCUT2D eigenvalue weighted by atomic mass is 10.2. The van der Waals surface area contributed by atoms with E-state index < -0.39 is 0 Å². The van der Waals surface area contributed by atoms with Crippen LogP contribution in [-0.2, 0) is 6.61 Å². The summed E-state index contributed by atoms with van der Waals surface area (Å²) in [5.41, 5.74) is 3.33. The van der Waals surface area contributed by atoms with E-state index in [1.807, 2.05) is 24.3 Å². The maximum atomic E-state index is 5.75. The van der Waals surface area contributed by atoms with Crippen molar-refractivity contribution in [3.05, 3.63) is 65.2 Å². The summed E-state index contributed by atoms with van der Waals surface area (Å²) in [4.78, 5) is 0. The summed E-state index contributed by atoms with van der Waals surface area (Å²) in [5.74, 6) is 6.97. The minimum atomic E-state index is 0.342. The fourth-order valence-electron chi connectivity index (χ4n) is 1.65. The molecule has 19 heavy (non-hydrogen) atoms. The molecule has 0 amide bonds. The Morgan fingerprint density at radius 2 is 1.89 bits per heavy atom. The topological polar surface area (TPSA) is 9.23 Å². The van der Waals surface area contributed by atoms with Crippen molar-refractivity contribution in [3.63, 3.8) is 0 Å². The highest BCUT2D eigenvalue weighted by atomic mass is 35.5. The number of alkyl halides is 1. The van der Waals surface area contributed by atoms with Gasteiger partial charge >= 0.3 is 0 Å². The first kappa shape index (κ1) is 13.5. The summed E-state index contributed by atoms with van der Waals surface area (Å²) in [6.45, 7) is 2.64. The SMILES string of the molecule is Cc1ccc(COc2cccc(C#CCCl)c2)cc1. The van der Waals surface area contributed by atoms with E-state index in [1.54, 1.807) is 0 Å². The Balaban J connectivity index is 2.01. The highest BCUT2D eigenvalue weighted by Gasteiger charge is 1.97. The largest absolute Gasteiger partial charge is 0.489 e. The fraction of sp³-hybridized carbons (Fsp3) is 0.176. The third-order valence-electron chi connectivity index (χ3n) is 2.66. The van der Waals surface area contributed by atoms with Crippen LogP contribution < -0.4 is 4.74 Å². The molecule has 0 saturated heterocycles. The molecule has 1 nitrogen and oxygen atoms in total. The van der Waals surface area contributed by atoms with Crippen LogP contribution in [0.3, 0.4) is 0 Å².